The third kappa shape index (κ3) is 3.46. The van der Waals surface area contributed by atoms with Gasteiger partial charge in [-0.3, -0.25) is 9.59 Å². The molecule has 2 rings (SSSR count). The van der Waals surface area contributed by atoms with E-state index in [4.69, 9.17) is 4.74 Å². The maximum atomic E-state index is 11.8. The first-order valence-electron chi connectivity index (χ1n) is 6.34. The maximum absolute atomic E-state index is 11.8. The zero-order valence-electron chi connectivity index (χ0n) is 11.1. The number of aromatic nitrogens is 2. The lowest BCUT2D eigenvalue weighted by Gasteiger charge is -2.13. The fourth-order valence-electron chi connectivity index (χ4n) is 1.80. The molecule has 1 aromatic heterocycles. The molecule has 19 heavy (non-hydrogen) atoms. The van der Waals surface area contributed by atoms with Crippen LogP contribution in [0.2, 0.25) is 0 Å². The quantitative estimate of drug-likeness (QED) is 0.798. The molecule has 1 aromatic rings. The van der Waals surface area contributed by atoms with Gasteiger partial charge in [0.05, 0.1) is 13.2 Å². The molecule has 0 atom stereocenters. The number of hydrogen-bond acceptors (Lipinski definition) is 4. The van der Waals surface area contributed by atoms with Crippen LogP contribution in [0.15, 0.2) is 6.07 Å². The van der Waals surface area contributed by atoms with E-state index in [1.165, 1.54) is 0 Å². The second-order valence-corrected chi connectivity index (χ2v) is 4.70. The van der Waals surface area contributed by atoms with E-state index in [1.807, 2.05) is 13.8 Å². The molecule has 104 valence electrons. The van der Waals surface area contributed by atoms with Crippen LogP contribution in [0.5, 0.6) is 5.88 Å². The number of carbonyl (C=O) groups excluding carboxylic acids is 2. The van der Waals surface area contributed by atoms with Crippen LogP contribution in [-0.4, -0.2) is 40.8 Å². The summed E-state index contributed by atoms with van der Waals surface area (Å²) in [6.45, 7) is 5.06. The highest BCUT2D eigenvalue weighted by Gasteiger charge is 2.18. The standard InChI is InChI=1S/C12H18N4O3/c1-8(2)14-10(17)7-13-12(18)9-6-11-16(15-9)4-3-5-19-11/h6,8H,3-5,7H2,1-2H3,(H,13,18)(H,14,17). The molecule has 2 N–H and O–H groups in total. The molecule has 0 radical (unpaired) electrons. The molecule has 7 nitrogen and oxygen atoms in total. The van der Waals surface area contributed by atoms with Crippen molar-refractivity contribution in [3.05, 3.63) is 11.8 Å². The monoisotopic (exact) mass is 266 g/mol. The summed E-state index contributed by atoms with van der Waals surface area (Å²) in [5, 5.41) is 9.36. The summed E-state index contributed by atoms with van der Waals surface area (Å²) in [6.07, 6.45) is 0.881. The Morgan fingerprint density at radius 3 is 3.00 bits per heavy atom. The first kappa shape index (κ1) is 13.4. The number of hydrogen-bond donors (Lipinski definition) is 2. The lowest BCUT2D eigenvalue weighted by Crippen LogP contribution is -2.39. The predicted octanol–water partition coefficient (Wildman–Crippen LogP) is -0.0800. The minimum absolute atomic E-state index is 0.0534. The number of aryl methyl sites for hydroxylation is 1. The molecule has 2 amide bonds. The number of nitrogens with one attached hydrogen (secondary N) is 2. The number of amides is 2. The van der Waals surface area contributed by atoms with Crippen molar-refractivity contribution in [3.8, 4) is 5.88 Å². The van der Waals surface area contributed by atoms with Crippen molar-refractivity contribution >= 4 is 11.8 Å². The van der Waals surface area contributed by atoms with Gasteiger partial charge in [0, 0.05) is 25.1 Å². The predicted molar refractivity (Wildman–Crippen MR) is 68.0 cm³/mol. The Kier molecular flexibility index (Phi) is 4.03. The van der Waals surface area contributed by atoms with Crippen LogP contribution >= 0.6 is 0 Å². The van der Waals surface area contributed by atoms with E-state index in [0.29, 0.717) is 12.5 Å². The molecule has 0 aromatic carbocycles. The van der Waals surface area contributed by atoms with E-state index in [2.05, 4.69) is 15.7 Å². The maximum Gasteiger partial charge on any atom is 0.272 e. The highest BCUT2D eigenvalue weighted by Crippen LogP contribution is 2.17. The zero-order chi connectivity index (χ0) is 13.8. The first-order valence-corrected chi connectivity index (χ1v) is 6.34. The van der Waals surface area contributed by atoms with Crippen LogP contribution < -0.4 is 15.4 Å². The Morgan fingerprint density at radius 2 is 2.32 bits per heavy atom. The van der Waals surface area contributed by atoms with Gasteiger partial charge in [0.25, 0.3) is 5.91 Å². The van der Waals surface area contributed by atoms with Gasteiger partial charge in [0.2, 0.25) is 11.8 Å². The van der Waals surface area contributed by atoms with E-state index < -0.39 is 0 Å². The van der Waals surface area contributed by atoms with E-state index in [9.17, 15) is 9.59 Å². The Labute approximate surface area is 111 Å². The third-order valence-corrected chi connectivity index (χ3v) is 2.60. The molecule has 0 aliphatic carbocycles. The van der Waals surface area contributed by atoms with Gasteiger partial charge in [-0.15, -0.1) is 0 Å². The van der Waals surface area contributed by atoms with Crippen LogP contribution in [0.25, 0.3) is 0 Å². The van der Waals surface area contributed by atoms with Gasteiger partial charge >= 0.3 is 0 Å². The van der Waals surface area contributed by atoms with Gasteiger partial charge < -0.3 is 15.4 Å². The Hall–Kier alpha value is -2.05. The second kappa shape index (κ2) is 5.73. The van der Waals surface area contributed by atoms with Crippen molar-refractivity contribution < 1.29 is 14.3 Å². The lowest BCUT2D eigenvalue weighted by molar-refractivity contribution is -0.120. The molecule has 0 spiro atoms. The molecule has 1 aliphatic heterocycles. The fourth-order valence-corrected chi connectivity index (χ4v) is 1.80. The average molecular weight is 266 g/mol. The van der Waals surface area contributed by atoms with Crippen molar-refractivity contribution in [2.24, 2.45) is 0 Å². The summed E-state index contributed by atoms with van der Waals surface area (Å²) >= 11 is 0. The van der Waals surface area contributed by atoms with Crippen LogP contribution in [0.1, 0.15) is 30.8 Å². The zero-order valence-corrected chi connectivity index (χ0v) is 11.1. The van der Waals surface area contributed by atoms with Crippen molar-refractivity contribution in [3.63, 3.8) is 0 Å². The van der Waals surface area contributed by atoms with Gasteiger partial charge in [0.15, 0.2) is 5.69 Å². The highest BCUT2D eigenvalue weighted by atomic mass is 16.5. The number of rotatable bonds is 4. The Balaban J connectivity index is 1.89. The molecule has 0 saturated heterocycles. The van der Waals surface area contributed by atoms with E-state index >= 15 is 0 Å². The molecule has 1 aliphatic rings. The number of carbonyl (C=O) groups is 2. The van der Waals surface area contributed by atoms with Gasteiger partial charge in [-0.05, 0) is 13.8 Å². The van der Waals surface area contributed by atoms with E-state index in [-0.39, 0.29) is 30.1 Å². The molecular formula is C12H18N4O3. The second-order valence-electron chi connectivity index (χ2n) is 4.70. The molecular weight excluding hydrogens is 248 g/mol. The summed E-state index contributed by atoms with van der Waals surface area (Å²) in [5.74, 6) is 0.0102. The number of fused-ring (bicyclic) bond motifs is 1. The van der Waals surface area contributed by atoms with Crippen molar-refractivity contribution in [1.29, 1.82) is 0 Å². The molecule has 0 fully saturated rings. The van der Waals surface area contributed by atoms with E-state index in [1.54, 1.807) is 10.7 Å². The lowest BCUT2D eigenvalue weighted by atomic mass is 10.3. The first-order chi connectivity index (χ1) is 9.06. The third-order valence-electron chi connectivity index (χ3n) is 2.60. The molecule has 0 unspecified atom stereocenters. The van der Waals surface area contributed by atoms with Crippen LogP contribution in [-0.2, 0) is 11.3 Å². The summed E-state index contributed by atoms with van der Waals surface area (Å²) in [6, 6.07) is 1.65. The smallest absolute Gasteiger partial charge is 0.272 e. The summed E-state index contributed by atoms with van der Waals surface area (Å²) in [7, 11) is 0. The minimum atomic E-state index is -0.371. The van der Waals surface area contributed by atoms with Gasteiger partial charge in [-0.2, -0.15) is 5.10 Å². The highest BCUT2D eigenvalue weighted by molar-refractivity contribution is 5.95. The molecule has 7 heteroatoms. The molecule has 0 saturated carbocycles. The Bertz CT molecular complexity index is 458. The summed E-state index contributed by atoms with van der Waals surface area (Å²) < 4.78 is 7.03. The molecule has 0 bridgehead atoms. The van der Waals surface area contributed by atoms with E-state index in [0.717, 1.165) is 13.0 Å². The van der Waals surface area contributed by atoms with Gasteiger partial charge in [-0.25, -0.2) is 4.68 Å². The topological polar surface area (TPSA) is 85.3 Å². The number of nitrogens with zero attached hydrogens (tertiary/aromatic N) is 2. The largest absolute Gasteiger partial charge is 0.478 e. The van der Waals surface area contributed by atoms with Gasteiger partial charge in [0.1, 0.15) is 0 Å². The van der Waals surface area contributed by atoms with Crippen molar-refractivity contribution in [2.75, 3.05) is 13.2 Å². The van der Waals surface area contributed by atoms with Crippen molar-refractivity contribution in [1.82, 2.24) is 20.4 Å². The summed E-state index contributed by atoms with van der Waals surface area (Å²) in [5.41, 5.74) is 0.272. The SMILES string of the molecule is CC(C)NC(=O)CNC(=O)c1cc2n(n1)CCCO2. The Morgan fingerprint density at radius 1 is 1.53 bits per heavy atom. The normalized spacial score (nSPS) is 13.6. The molecule has 2 heterocycles. The number of ether oxygens (including phenoxy) is 1. The van der Waals surface area contributed by atoms with Crippen LogP contribution in [0, 0.1) is 0 Å². The average Bonchev–Trinajstić information content (AvgIpc) is 2.78. The van der Waals surface area contributed by atoms with Crippen molar-refractivity contribution in [2.45, 2.75) is 32.9 Å². The van der Waals surface area contributed by atoms with Gasteiger partial charge in [-0.1, -0.05) is 0 Å². The summed E-state index contributed by atoms with van der Waals surface area (Å²) in [4.78, 5) is 23.2. The minimum Gasteiger partial charge on any atom is -0.478 e. The fraction of sp³-hybridized carbons (Fsp3) is 0.583. The van der Waals surface area contributed by atoms with Crippen LogP contribution in [0.3, 0.4) is 0 Å². The van der Waals surface area contributed by atoms with Crippen LogP contribution in [0.4, 0.5) is 0 Å².